The first kappa shape index (κ1) is 8.48. The van der Waals surface area contributed by atoms with Crippen LogP contribution in [0.3, 0.4) is 0 Å². The minimum Gasteiger partial charge on any atom is -0.388 e. The second-order valence-electron chi connectivity index (χ2n) is 2.83. The third-order valence-electron chi connectivity index (χ3n) is 1.83. The smallest absolute Gasteiger partial charge is 0.383 e. The van der Waals surface area contributed by atoms with E-state index in [2.05, 4.69) is 4.52 Å². The van der Waals surface area contributed by atoms with Gasteiger partial charge in [-0.3, -0.25) is 0 Å². The lowest BCUT2D eigenvalue weighted by Gasteiger charge is -2.19. The van der Waals surface area contributed by atoms with Crippen LogP contribution in [-0.2, 0) is 15.3 Å². The second-order valence-corrected chi connectivity index (χ2v) is 4.61. The van der Waals surface area contributed by atoms with Crippen LogP contribution in [0.25, 0.3) is 0 Å². The highest BCUT2D eigenvalue weighted by molar-refractivity contribution is 7.52. The van der Waals surface area contributed by atoms with Crippen LogP contribution in [0.1, 0.15) is 15.9 Å². The summed E-state index contributed by atoms with van der Waals surface area (Å²) in [5, 5.41) is 0. The van der Waals surface area contributed by atoms with Crippen molar-refractivity contribution in [3.05, 3.63) is 35.4 Å². The fraction of sp³-hybridized carbons (Fsp3) is 0.125. The maximum absolute atomic E-state index is 11.1. The minimum absolute atomic E-state index is 0.0884. The van der Waals surface area contributed by atoms with E-state index in [1.54, 1.807) is 24.3 Å². The zero-order valence-corrected chi connectivity index (χ0v) is 7.53. The topological polar surface area (TPSA) is 63.6 Å². The number of benzene rings is 1. The highest BCUT2D eigenvalue weighted by Crippen LogP contribution is 2.50. The SMILES string of the molecule is O=C1OP(=O)(O)Cc2ccccc21. The van der Waals surface area contributed by atoms with Gasteiger partial charge in [-0.05, 0) is 11.6 Å². The van der Waals surface area contributed by atoms with Crippen molar-refractivity contribution in [1.29, 1.82) is 0 Å². The molecule has 0 amide bonds. The summed E-state index contributed by atoms with van der Waals surface area (Å²) < 4.78 is 15.5. The van der Waals surface area contributed by atoms with Crippen molar-refractivity contribution >= 4 is 13.6 Å². The van der Waals surface area contributed by atoms with E-state index in [4.69, 9.17) is 4.89 Å². The van der Waals surface area contributed by atoms with Gasteiger partial charge >= 0.3 is 13.6 Å². The zero-order chi connectivity index (χ0) is 9.47. The van der Waals surface area contributed by atoms with Crippen molar-refractivity contribution in [3.63, 3.8) is 0 Å². The molecule has 1 N–H and O–H groups in total. The fourth-order valence-electron chi connectivity index (χ4n) is 1.28. The van der Waals surface area contributed by atoms with Crippen LogP contribution in [-0.4, -0.2) is 10.9 Å². The second kappa shape index (κ2) is 2.69. The molecular formula is C8H7O4P. The quantitative estimate of drug-likeness (QED) is 0.642. The molecule has 1 atom stereocenters. The molecular weight excluding hydrogens is 191 g/mol. The van der Waals surface area contributed by atoms with Gasteiger partial charge in [0.25, 0.3) is 0 Å². The maximum atomic E-state index is 11.1. The molecule has 1 heterocycles. The van der Waals surface area contributed by atoms with Gasteiger partial charge in [-0.25, -0.2) is 9.36 Å². The Bertz CT molecular complexity index is 412. The minimum atomic E-state index is -3.72. The van der Waals surface area contributed by atoms with Crippen LogP contribution in [0, 0.1) is 0 Å². The summed E-state index contributed by atoms with van der Waals surface area (Å²) in [7, 11) is -3.72. The van der Waals surface area contributed by atoms with Gasteiger partial charge in [0.2, 0.25) is 0 Å². The van der Waals surface area contributed by atoms with E-state index in [1.165, 1.54) is 0 Å². The number of carbonyl (C=O) groups excluding carboxylic acids is 1. The van der Waals surface area contributed by atoms with E-state index in [-0.39, 0.29) is 6.16 Å². The molecule has 68 valence electrons. The Labute approximate surface area is 74.7 Å². The molecule has 5 heteroatoms. The van der Waals surface area contributed by atoms with Crippen molar-refractivity contribution < 1.29 is 18.8 Å². The standard InChI is InChI=1S/C8H7O4P/c9-8-7-4-2-1-3-6(7)5-13(10,11)12-8/h1-4H,5H2,(H,10,11). The molecule has 1 aliphatic rings. The third kappa shape index (κ3) is 1.50. The number of rotatable bonds is 0. The highest BCUT2D eigenvalue weighted by atomic mass is 31.2. The van der Waals surface area contributed by atoms with Gasteiger partial charge < -0.3 is 9.42 Å². The lowest BCUT2D eigenvalue weighted by Crippen LogP contribution is -2.13. The molecule has 13 heavy (non-hydrogen) atoms. The summed E-state index contributed by atoms with van der Waals surface area (Å²) in [6, 6.07) is 6.64. The number of hydrogen-bond donors (Lipinski definition) is 1. The van der Waals surface area contributed by atoms with Gasteiger partial charge in [-0.1, -0.05) is 18.2 Å². The van der Waals surface area contributed by atoms with Crippen LogP contribution < -0.4 is 0 Å². The average Bonchev–Trinajstić information content (AvgIpc) is 2.02. The molecule has 1 unspecified atom stereocenters. The van der Waals surface area contributed by atoms with E-state index >= 15 is 0 Å². The summed E-state index contributed by atoms with van der Waals surface area (Å²) in [6.07, 6.45) is -0.0884. The van der Waals surface area contributed by atoms with E-state index in [9.17, 15) is 9.36 Å². The Hall–Kier alpha value is -1.12. The molecule has 0 aliphatic carbocycles. The third-order valence-corrected chi connectivity index (χ3v) is 3.02. The van der Waals surface area contributed by atoms with Crippen molar-refractivity contribution in [2.75, 3.05) is 0 Å². The molecule has 0 radical (unpaired) electrons. The number of carbonyl (C=O) groups is 1. The van der Waals surface area contributed by atoms with Crippen LogP contribution in [0.2, 0.25) is 0 Å². The maximum Gasteiger partial charge on any atom is 0.383 e. The fourth-order valence-corrected chi connectivity index (χ4v) is 2.41. The molecule has 0 bridgehead atoms. The Morgan fingerprint density at radius 3 is 2.85 bits per heavy atom. The van der Waals surface area contributed by atoms with Crippen molar-refractivity contribution in [1.82, 2.24) is 0 Å². The molecule has 0 saturated carbocycles. The summed E-state index contributed by atoms with van der Waals surface area (Å²) in [6.45, 7) is 0. The van der Waals surface area contributed by atoms with Gasteiger partial charge in [0.05, 0.1) is 11.7 Å². The van der Waals surface area contributed by atoms with Gasteiger partial charge in [0.15, 0.2) is 0 Å². The zero-order valence-electron chi connectivity index (χ0n) is 6.64. The summed E-state index contributed by atoms with van der Waals surface area (Å²) in [5.41, 5.74) is 0.951. The first-order valence-electron chi connectivity index (χ1n) is 3.72. The number of hydrogen-bond acceptors (Lipinski definition) is 3. The molecule has 0 saturated heterocycles. The molecule has 2 rings (SSSR count). The van der Waals surface area contributed by atoms with E-state index in [0.717, 1.165) is 0 Å². The van der Waals surface area contributed by atoms with Crippen LogP contribution in [0.5, 0.6) is 0 Å². The predicted octanol–water partition coefficient (Wildman–Crippen LogP) is 1.54. The molecule has 0 fully saturated rings. The van der Waals surface area contributed by atoms with Gasteiger partial charge in [0.1, 0.15) is 0 Å². The Morgan fingerprint density at radius 1 is 1.38 bits per heavy atom. The number of fused-ring (bicyclic) bond motifs is 1. The monoisotopic (exact) mass is 198 g/mol. The largest absolute Gasteiger partial charge is 0.388 e. The van der Waals surface area contributed by atoms with Crippen molar-refractivity contribution in [3.8, 4) is 0 Å². The normalized spacial score (nSPS) is 26.4. The predicted molar refractivity (Wildman–Crippen MR) is 45.4 cm³/mol. The van der Waals surface area contributed by atoms with Crippen molar-refractivity contribution in [2.45, 2.75) is 6.16 Å². The molecule has 1 aliphatic heterocycles. The highest BCUT2D eigenvalue weighted by Gasteiger charge is 2.33. The Morgan fingerprint density at radius 2 is 2.08 bits per heavy atom. The first-order valence-corrected chi connectivity index (χ1v) is 5.48. The summed E-state index contributed by atoms with van der Waals surface area (Å²) in [5.74, 6) is -0.715. The van der Waals surface area contributed by atoms with E-state index in [0.29, 0.717) is 11.1 Å². The van der Waals surface area contributed by atoms with E-state index < -0.39 is 13.6 Å². The van der Waals surface area contributed by atoms with Gasteiger partial charge in [-0.15, -0.1) is 0 Å². The van der Waals surface area contributed by atoms with Gasteiger partial charge in [0, 0.05) is 0 Å². The summed E-state index contributed by atoms with van der Waals surface area (Å²) >= 11 is 0. The first-order chi connectivity index (χ1) is 6.08. The van der Waals surface area contributed by atoms with Crippen LogP contribution in [0.4, 0.5) is 0 Å². The lowest BCUT2D eigenvalue weighted by molar-refractivity contribution is 0.0706. The van der Waals surface area contributed by atoms with Gasteiger partial charge in [-0.2, -0.15) is 0 Å². The molecule has 4 nitrogen and oxygen atoms in total. The average molecular weight is 198 g/mol. The van der Waals surface area contributed by atoms with Crippen LogP contribution >= 0.6 is 7.60 Å². The molecule has 1 aromatic carbocycles. The molecule has 0 spiro atoms. The Balaban J connectivity index is 2.55. The summed E-state index contributed by atoms with van der Waals surface area (Å²) in [4.78, 5) is 20.3. The van der Waals surface area contributed by atoms with Crippen LogP contribution in [0.15, 0.2) is 24.3 Å². The molecule has 0 aromatic heterocycles. The molecule has 1 aromatic rings. The van der Waals surface area contributed by atoms with E-state index in [1.807, 2.05) is 0 Å². The van der Waals surface area contributed by atoms with Crippen molar-refractivity contribution in [2.24, 2.45) is 0 Å². The Kier molecular flexibility index (Phi) is 1.75. The lowest BCUT2D eigenvalue weighted by atomic mass is 10.1.